The van der Waals surface area contributed by atoms with Crippen LogP contribution in [-0.2, 0) is 14.3 Å². The maximum absolute atomic E-state index is 11.1. The quantitative estimate of drug-likeness (QED) is 0.369. The van der Waals surface area contributed by atoms with E-state index in [4.69, 9.17) is 5.73 Å². The molecule has 2 N–H and O–H groups in total. The van der Waals surface area contributed by atoms with Crippen LogP contribution in [0.4, 0.5) is 0 Å². The van der Waals surface area contributed by atoms with Crippen molar-refractivity contribution in [2.24, 2.45) is 5.73 Å². The van der Waals surface area contributed by atoms with Crippen LogP contribution in [0.2, 0.25) is 0 Å². The molecule has 4 heteroatoms. The summed E-state index contributed by atoms with van der Waals surface area (Å²) in [6.07, 6.45) is 2.38. The molecule has 13 heavy (non-hydrogen) atoms. The van der Waals surface area contributed by atoms with Crippen molar-refractivity contribution in [2.45, 2.75) is 25.8 Å². The first kappa shape index (κ1) is 11.8. The zero-order chi connectivity index (χ0) is 10.3. The average Bonchev–Trinajstić information content (AvgIpc) is 2.13. The number of carbonyl (C=O) groups excluding carboxylic acids is 2. The van der Waals surface area contributed by atoms with Crippen LogP contribution in [0.15, 0.2) is 12.7 Å². The standard InChI is InChI=1S/C9H15NO3/c1-3-5-6-7(11)8(10)9(12)13-4-2/h3,8H,1,4-6,10H2,2H3. The van der Waals surface area contributed by atoms with Gasteiger partial charge in [-0.2, -0.15) is 0 Å². The van der Waals surface area contributed by atoms with E-state index < -0.39 is 12.0 Å². The molecule has 0 fully saturated rings. The molecule has 0 saturated carbocycles. The van der Waals surface area contributed by atoms with Gasteiger partial charge in [-0.15, -0.1) is 6.58 Å². The van der Waals surface area contributed by atoms with E-state index in [0.29, 0.717) is 6.42 Å². The summed E-state index contributed by atoms with van der Waals surface area (Å²) in [4.78, 5) is 22.1. The molecule has 1 unspecified atom stereocenters. The Morgan fingerprint density at radius 3 is 2.69 bits per heavy atom. The van der Waals surface area contributed by atoms with Crippen LogP contribution in [-0.4, -0.2) is 24.4 Å². The number of allylic oxidation sites excluding steroid dienone is 1. The fourth-order valence-corrected chi connectivity index (χ4v) is 0.763. The number of rotatable bonds is 6. The summed E-state index contributed by atoms with van der Waals surface area (Å²) < 4.78 is 4.59. The summed E-state index contributed by atoms with van der Waals surface area (Å²) in [5, 5.41) is 0. The van der Waals surface area contributed by atoms with Crippen molar-refractivity contribution in [3.05, 3.63) is 12.7 Å². The second-order valence-corrected chi connectivity index (χ2v) is 2.52. The molecule has 0 radical (unpaired) electrons. The molecule has 0 amide bonds. The van der Waals surface area contributed by atoms with Gasteiger partial charge in [0.05, 0.1) is 6.61 Å². The Kier molecular flexibility index (Phi) is 5.80. The number of hydrogen-bond donors (Lipinski definition) is 1. The van der Waals surface area contributed by atoms with E-state index in [-0.39, 0.29) is 18.8 Å². The second-order valence-electron chi connectivity index (χ2n) is 2.52. The minimum atomic E-state index is -1.14. The summed E-state index contributed by atoms with van der Waals surface area (Å²) in [6.45, 7) is 5.37. The maximum Gasteiger partial charge on any atom is 0.330 e. The van der Waals surface area contributed by atoms with E-state index in [9.17, 15) is 9.59 Å². The van der Waals surface area contributed by atoms with Crippen LogP contribution in [0.25, 0.3) is 0 Å². The molecule has 0 aliphatic heterocycles. The molecule has 0 bridgehead atoms. The topological polar surface area (TPSA) is 69.4 Å². The predicted molar refractivity (Wildman–Crippen MR) is 49.0 cm³/mol. The summed E-state index contributed by atoms with van der Waals surface area (Å²) in [6, 6.07) is -1.14. The van der Waals surface area contributed by atoms with E-state index in [0.717, 1.165) is 0 Å². The number of esters is 1. The van der Waals surface area contributed by atoms with Gasteiger partial charge < -0.3 is 10.5 Å². The van der Waals surface area contributed by atoms with Gasteiger partial charge in [0, 0.05) is 6.42 Å². The Morgan fingerprint density at radius 1 is 1.62 bits per heavy atom. The summed E-state index contributed by atoms with van der Waals surface area (Å²) in [5.74, 6) is -0.963. The number of hydrogen-bond acceptors (Lipinski definition) is 4. The molecular weight excluding hydrogens is 170 g/mol. The molecule has 0 aromatic rings. The lowest BCUT2D eigenvalue weighted by Gasteiger charge is -2.08. The van der Waals surface area contributed by atoms with Gasteiger partial charge in [-0.25, -0.2) is 4.79 Å². The van der Waals surface area contributed by atoms with E-state index in [1.807, 2.05) is 0 Å². The Balaban J connectivity index is 3.93. The van der Waals surface area contributed by atoms with Crippen molar-refractivity contribution in [1.82, 2.24) is 0 Å². The molecule has 0 aliphatic rings. The van der Waals surface area contributed by atoms with Crippen molar-refractivity contribution in [3.63, 3.8) is 0 Å². The minimum Gasteiger partial charge on any atom is -0.464 e. The van der Waals surface area contributed by atoms with Gasteiger partial charge >= 0.3 is 5.97 Å². The molecular formula is C9H15NO3. The molecule has 0 aromatic carbocycles. The minimum absolute atomic E-state index is 0.237. The number of ether oxygens (including phenoxy) is 1. The first-order valence-electron chi connectivity index (χ1n) is 4.19. The van der Waals surface area contributed by atoms with Gasteiger partial charge in [-0.3, -0.25) is 4.79 Å². The highest BCUT2D eigenvalue weighted by Crippen LogP contribution is 1.97. The largest absolute Gasteiger partial charge is 0.464 e. The van der Waals surface area contributed by atoms with Crippen molar-refractivity contribution in [2.75, 3.05) is 6.61 Å². The molecule has 74 valence electrons. The van der Waals surface area contributed by atoms with Crippen LogP contribution < -0.4 is 5.73 Å². The highest BCUT2D eigenvalue weighted by atomic mass is 16.5. The molecule has 0 heterocycles. The van der Waals surface area contributed by atoms with Crippen LogP contribution in [0.5, 0.6) is 0 Å². The summed E-state index contributed by atoms with van der Waals surface area (Å²) >= 11 is 0. The monoisotopic (exact) mass is 185 g/mol. The lowest BCUT2D eigenvalue weighted by molar-refractivity contribution is -0.147. The van der Waals surface area contributed by atoms with Gasteiger partial charge in [0.15, 0.2) is 11.8 Å². The maximum atomic E-state index is 11.1. The Labute approximate surface area is 77.7 Å². The van der Waals surface area contributed by atoms with E-state index >= 15 is 0 Å². The summed E-state index contributed by atoms with van der Waals surface area (Å²) in [7, 11) is 0. The highest BCUT2D eigenvalue weighted by molar-refractivity contribution is 6.02. The molecule has 0 rings (SSSR count). The van der Waals surface area contributed by atoms with Crippen LogP contribution in [0, 0.1) is 0 Å². The van der Waals surface area contributed by atoms with Crippen molar-refractivity contribution in [1.29, 1.82) is 0 Å². The van der Waals surface area contributed by atoms with Gasteiger partial charge in [0.2, 0.25) is 0 Å². The number of Topliss-reactive ketones (excluding diaryl/α,β-unsaturated/α-hetero) is 1. The number of carbonyl (C=O) groups is 2. The Morgan fingerprint density at radius 2 is 2.23 bits per heavy atom. The molecule has 1 atom stereocenters. The Hall–Kier alpha value is -1.16. The van der Waals surface area contributed by atoms with Crippen LogP contribution in [0.3, 0.4) is 0 Å². The normalized spacial score (nSPS) is 11.8. The molecule has 0 aliphatic carbocycles. The fraction of sp³-hybridized carbons (Fsp3) is 0.556. The van der Waals surface area contributed by atoms with E-state index in [1.54, 1.807) is 13.0 Å². The molecule has 0 saturated heterocycles. The number of nitrogens with two attached hydrogens (primary N) is 1. The fourth-order valence-electron chi connectivity index (χ4n) is 0.763. The molecule has 0 spiro atoms. The van der Waals surface area contributed by atoms with Gasteiger partial charge in [0.1, 0.15) is 0 Å². The van der Waals surface area contributed by atoms with Crippen LogP contribution >= 0.6 is 0 Å². The average molecular weight is 185 g/mol. The predicted octanol–water partition coefficient (Wildman–Crippen LogP) is 0.412. The van der Waals surface area contributed by atoms with Gasteiger partial charge in [-0.1, -0.05) is 6.08 Å². The Bertz CT molecular complexity index is 201. The molecule has 4 nitrogen and oxygen atoms in total. The first-order chi connectivity index (χ1) is 6.13. The van der Waals surface area contributed by atoms with E-state index in [2.05, 4.69) is 11.3 Å². The third-order valence-electron chi connectivity index (χ3n) is 1.48. The van der Waals surface area contributed by atoms with Crippen molar-refractivity contribution in [3.8, 4) is 0 Å². The summed E-state index contributed by atoms with van der Waals surface area (Å²) in [5.41, 5.74) is 5.33. The highest BCUT2D eigenvalue weighted by Gasteiger charge is 2.21. The second kappa shape index (κ2) is 6.37. The van der Waals surface area contributed by atoms with Crippen molar-refractivity contribution < 1.29 is 14.3 Å². The SMILES string of the molecule is C=CCCC(=O)C(N)C(=O)OCC. The lowest BCUT2D eigenvalue weighted by Crippen LogP contribution is -2.39. The van der Waals surface area contributed by atoms with Crippen LogP contribution in [0.1, 0.15) is 19.8 Å². The smallest absolute Gasteiger partial charge is 0.330 e. The first-order valence-corrected chi connectivity index (χ1v) is 4.19. The number of ketones is 1. The van der Waals surface area contributed by atoms with Gasteiger partial charge in [0.25, 0.3) is 0 Å². The third kappa shape index (κ3) is 4.42. The lowest BCUT2D eigenvalue weighted by atomic mass is 10.1. The zero-order valence-corrected chi connectivity index (χ0v) is 7.79. The third-order valence-corrected chi connectivity index (χ3v) is 1.48. The van der Waals surface area contributed by atoms with Crippen molar-refractivity contribution >= 4 is 11.8 Å². The van der Waals surface area contributed by atoms with Gasteiger partial charge in [-0.05, 0) is 13.3 Å². The molecule has 0 aromatic heterocycles. The zero-order valence-electron chi connectivity index (χ0n) is 7.79. The van der Waals surface area contributed by atoms with E-state index in [1.165, 1.54) is 0 Å².